The summed E-state index contributed by atoms with van der Waals surface area (Å²) in [5.74, 6) is 0.311. The van der Waals surface area contributed by atoms with Gasteiger partial charge in [0.25, 0.3) is 0 Å². The van der Waals surface area contributed by atoms with E-state index in [0.717, 1.165) is 19.3 Å². The Morgan fingerprint density at radius 3 is 2.52 bits per heavy atom. The number of amides is 1. The molecule has 0 aliphatic carbocycles. The highest BCUT2D eigenvalue weighted by atomic mass is 19.1. The second kappa shape index (κ2) is 12.2. The molecule has 0 fully saturated rings. The minimum atomic E-state index is -0.348. The maximum Gasteiger partial charge on any atom is 0.246 e. The Kier molecular flexibility index (Phi) is 10.2. The smallest absolute Gasteiger partial charge is 0.246 e. The van der Waals surface area contributed by atoms with E-state index >= 15 is 0 Å². The summed E-state index contributed by atoms with van der Waals surface area (Å²) in [5.41, 5.74) is 0.533. The molecule has 7 heteroatoms. The fourth-order valence-corrected chi connectivity index (χ4v) is 2.41. The Morgan fingerprint density at radius 2 is 1.92 bits per heavy atom. The van der Waals surface area contributed by atoms with E-state index in [-0.39, 0.29) is 24.9 Å². The molecule has 4 N–H and O–H groups in total. The van der Waals surface area contributed by atoms with Crippen LogP contribution in [0.15, 0.2) is 29.3 Å². The molecule has 1 unspecified atom stereocenters. The predicted molar refractivity (Wildman–Crippen MR) is 99.1 cm³/mol. The summed E-state index contributed by atoms with van der Waals surface area (Å²) < 4.78 is 12.9. The van der Waals surface area contributed by atoms with Gasteiger partial charge in [0.05, 0.1) is 0 Å². The first kappa shape index (κ1) is 20.9. The van der Waals surface area contributed by atoms with E-state index in [1.807, 2.05) is 6.92 Å². The van der Waals surface area contributed by atoms with Gasteiger partial charge in [-0.2, -0.15) is 0 Å². The van der Waals surface area contributed by atoms with Crippen LogP contribution < -0.4 is 16.0 Å². The van der Waals surface area contributed by atoms with E-state index in [9.17, 15) is 9.18 Å². The summed E-state index contributed by atoms with van der Waals surface area (Å²) in [4.78, 5) is 16.2. The Bertz CT molecular complexity index is 528. The number of aliphatic hydroxyl groups is 1. The van der Waals surface area contributed by atoms with Crippen molar-refractivity contribution in [2.45, 2.75) is 33.1 Å². The number of nitrogens with one attached hydrogen (secondary N) is 3. The highest BCUT2D eigenvalue weighted by Crippen LogP contribution is 2.09. The molecule has 0 aliphatic rings. The number of aliphatic hydroxyl groups excluding tert-OH is 1. The van der Waals surface area contributed by atoms with Gasteiger partial charge in [-0.25, -0.2) is 9.38 Å². The number of halogens is 1. The minimum Gasteiger partial charge on any atom is -0.396 e. The van der Waals surface area contributed by atoms with E-state index < -0.39 is 0 Å². The van der Waals surface area contributed by atoms with Crippen LogP contribution in [-0.4, -0.2) is 43.2 Å². The number of benzene rings is 1. The number of aliphatic imine (C=N–C) groups is 1. The zero-order chi connectivity index (χ0) is 18.5. The zero-order valence-electron chi connectivity index (χ0n) is 15.0. The summed E-state index contributed by atoms with van der Waals surface area (Å²) in [6.45, 7) is 5.57. The van der Waals surface area contributed by atoms with Crippen molar-refractivity contribution in [2.75, 3.05) is 31.6 Å². The molecule has 6 nitrogen and oxygen atoms in total. The molecule has 140 valence electrons. The molecule has 0 radical (unpaired) electrons. The van der Waals surface area contributed by atoms with E-state index in [0.29, 0.717) is 30.7 Å². The van der Waals surface area contributed by atoms with E-state index in [2.05, 4.69) is 27.9 Å². The van der Waals surface area contributed by atoms with Crippen molar-refractivity contribution in [1.29, 1.82) is 0 Å². The molecule has 0 heterocycles. The van der Waals surface area contributed by atoms with Gasteiger partial charge in [0.1, 0.15) is 12.4 Å². The van der Waals surface area contributed by atoms with Crippen LogP contribution >= 0.6 is 0 Å². The van der Waals surface area contributed by atoms with Crippen molar-refractivity contribution in [1.82, 2.24) is 10.6 Å². The zero-order valence-corrected chi connectivity index (χ0v) is 15.0. The van der Waals surface area contributed by atoms with Crippen molar-refractivity contribution in [3.05, 3.63) is 30.1 Å². The van der Waals surface area contributed by atoms with Crippen LogP contribution in [0, 0.1) is 11.7 Å². The molecular formula is C18H29FN4O2. The van der Waals surface area contributed by atoms with Gasteiger partial charge < -0.3 is 21.1 Å². The molecule has 25 heavy (non-hydrogen) atoms. The van der Waals surface area contributed by atoms with Crippen molar-refractivity contribution in [2.24, 2.45) is 10.9 Å². The van der Waals surface area contributed by atoms with Crippen LogP contribution in [0.25, 0.3) is 0 Å². The molecule has 0 bridgehead atoms. The molecule has 0 saturated heterocycles. The minimum absolute atomic E-state index is 0.0366. The van der Waals surface area contributed by atoms with Crippen LogP contribution in [0.1, 0.15) is 33.1 Å². The number of carbonyl (C=O) groups is 1. The van der Waals surface area contributed by atoms with Crippen LogP contribution in [0.5, 0.6) is 0 Å². The summed E-state index contributed by atoms with van der Waals surface area (Å²) in [6, 6.07) is 5.59. The van der Waals surface area contributed by atoms with Gasteiger partial charge in [0.2, 0.25) is 5.91 Å². The van der Waals surface area contributed by atoms with Crippen LogP contribution in [0.4, 0.5) is 10.1 Å². The standard InChI is InChI=1S/C18H29FN4O2/c1-3-5-14(10-11-24)12-21-18(20-4-2)22-13-17(25)23-16-8-6-15(19)7-9-16/h6-9,14,24H,3-5,10-13H2,1-2H3,(H,23,25)(H2,20,21,22). The lowest BCUT2D eigenvalue weighted by molar-refractivity contribution is -0.114. The molecular weight excluding hydrogens is 323 g/mol. The Balaban J connectivity index is 2.52. The van der Waals surface area contributed by atoms with E-state index in [4.69, 9.17) is 5.11 Å². The van der Waals surface area contributed by atoms with Crippen molar-refractivity contribution in [3.63, 3.8) is 0 Å². The quantitative estimate of drug-likeness (QED) is 0.384. The fraction of sp³-hybridized carbons (Fsp3) is 0.556. The number of guanidine groups is 1. The fourth-order valence-electron chi connectivity index (χ4n) is 2.41. The third-order valence-corrected chi connectivity index (χ3v) is 3.65. The van der Waals surface area contributed by atoms with Gasteiger partial charge >= 0.3 is 0 Å². The van der Waals surface area contributed by atoms with Gasteiger partial charge in [-0.15, -0.1) is 0 Å². The number of hydrogen-bond donors (Lipinski definition) is 4. The van der Waals surface area contributed by atoms with Gasteiger partial charge in [-0.3, -0.25) is 4.79 Å². The maximum absolute atomic E-state index is 12.9. The van der Waals surface area contributed by atoms with Crippen LogP contribution in [0.3, 0.4) is 0 Å². The van der Waals surface area contributed by atoms with E-state index in [1.54, 1.807) is 0 Å². The average Bonchev–Trinajstić information content (AvgIpc) is 2.59. The number of nitrogens with zero attached hydrogens (tertiary/aromatic N) is 1. The van der Waals surface area contributed by atoms with Crippen LogP contribution in [0.2, 0.25) is 0 Å². The molecule has 1 amide bonds. The Labute approximate surface area is 148 Å². The number of hydrogen-bond acceptors (Lipinski definition) is 3. The third-order valence-electron chi connectivity index (χ3n) is 3.65. The van der Waals surface area contributed by atoms with Crippen molar-refractivity contribution < 1.29 is 14.3 Å². The van der Waals surface area contributed by atoms with Crippen molar-refractivity contribution >= 4 is 17.6 Å². The van der Waals surface area contributed by atoms with Gasteiger partial charge in [-0.1, -0.05) is 13.3 Å². The number of carbonyl (C=O) groups excluding carboxylic acids is 1. The first-order valence-corrected chi connectivity index (χ1v) is 8.77. The van der Waals surface area contributed by atoms with Gasteiger partial charge in [0, 0.05) is 25.4 Å². The lowest BCUT2D eigenvalue weighted by Crippen LogP contribution is -2.40. The second-order valence-electron chi connectivity index (χ2n) is 5.80. The molecule has 1 rings (SSSR count). The summed E-state index contributed by atoms with van der Waals surface area (Å²) in [5, 5.41) is 18.1. The van der Waals surface area contributed by atoms with Gasteiger partial charge in [-0.05, 0) is 49.9 Å². The topological polar surface area (TPSA) is 85.8 Å². The molecule has 1 aromatic carbocycles. The second-order valence-corrected chi connectivity index (χ2v) is 5.80. The average molecular weight is 352 g/mol. The van der Waals surface area contributed by atoms with Gasteiger partial charge in [0.15, 0.2) is 5.96 Å². The number of anilines is 1. The molecule has 0 spiro atoms. The third kappa shape index (κ3) is 9.05. The monoisotopic (exact) mass is 352 g/mol. The molecule has 0 aliphatic heterocycles. The lowest BCUT2D eigenvalue weighted by atomic mass is 10.0. The Morgan fingerprint density at radius 1 is 1.20 bits per heavy atom. The normalized spacial score (nSPS) is 12.6. The molecule has 1 aromatic rings. The van der Waals surface area contributed by atoms with E-state index in [1.165, 1.54) is 24.3 Å². The first-order chi connectivity index (χ1) is 12.1. The summed E-state index contributed by atoms with van der Waals surface area (Å²) in [6.07, 6.45) is 2.82. The maximum atomic E-state index is 12.9. The molecule has 1 atom stereocenters. The summed E-state index contributed by atoms with van der Waals surface area (Å²) >= 11 is 0. The predicted octanol–water partition coefficient (Wildman–Crippen LogP) is 2.12. The summed E-state index contributed by atoms with van der Waals surface area (Å²) in [7, 11) is 0. The largest absolute Gasteiger partial charge is 0.396 e. The lowest BCUT2D eigenvalue weighted by Gasteiger charge is -2.18. The SMILES string of the molecule is CCCC(CCO)CNC(=NCC(=O)Nc1ccc(F)cc1)NCC. The van der Waals surface area contributed by atoms with Crippen molar-refractivity contribution in [3.8, 4) is 0 Å². The molecule has 0 saturated carbocycles. The first-order valence-electron chi connectivity index (χ1n) is 8.77. The Hall–Kier alpha value is -2.15. The highest BCUT2D eigenvalue weighted by Gasteiger charge is 2.09. The number of rotatable bonds is 10. The molecule has 0 aromatic heterocycles. The van der Waals surface area contributed by atoms with Crippen LogP contribution in [-0.2, 0) is 4.79 Å². The highest BCUT2D eigenvalue weighted by molar-refractivity contribution is 5.94.